The zero-order chi connectivity index (χ0) is 14.5. The minimum atomic E-state index is -0.353. The number of hydrogen-bond donors (Lipinski definition) is 2. The topological polar surface area (TPSA) is 55.8 Å². The number of carbonyl (C=O) groups excluding carboxylic acids is 1. The summed E-state index contributed by atoms with van der Waals surface area (Å²) in [7, 11) is 1.68. The van der Waals surface area contributed by atoms with Crippen LogP contribution in [0.3, 0.4) is 0 Å². The fraction of sp³-hybridized carbons (Fsp3) is 0.933. The Kier molecular flexibility index (Phi) is 5.81. The Bertz CT molecular complexity index is 316. The first-order chi connectivity index (χ1) is 9.60. The van der Waals surface area contributed by atoms with Gasteiger partial charge in [0.25, 0.3) is 0 Å². The van der Waals surface area contributed by atoms with Crippen LogP contribution in [0.5, 0.6) is 0 Å². The molecule has 0 aliphatic carbocycles. The zero-order valence-electron chi connectivity index (χ0n) is 12.8. The SMILES string of the molecule is CNC(=O)C1CCCN1CC(O)CN1CCC(C)CC1. The molecule has 1 amide bonds. The molecule has 0 radical (unpaired) electrons. The van der Waals surface area contributed by atoms with Gasteiger partial charge in [-0.1, -0.05) is 6.92 Å². The van der Waals surface area contributed by atoms with Crippen LogP contribution in [0, 0.1) is 5.92 Å². The Morgan fingerprint density at radius 3 is 2.60 bits per heavy atom. The van der Waals surface area contributed by atoms with Gasteiger partial charge in [-0.05, 0) is 51.2 Å². The second-order valence-corrected chi connectivity index (χ2v) is 6.40. The summed E-state index contributed by atoms with van der Waals surface area (Å²) in [6, 6.07) is -0.0453. The summed E-state index contributed by atoms with van der Waals surface area (Å²) in [4.78, 5) is 16.3. The first-order valence-corrected chi connectivity index (χ1v) is 7.96. The van der Waals surface area contributed by atoms with Crippen molar-refractivity contribution in [1.29, 1.82) is 0 Å². The summed E-state index contributed by atoms with van der Waals surface area (Å²) in [5.74, 6) is 0.904. The smallest absolute Gasteiger partial charge is 0.237 e. The molecule has 5 nitrogen and oxygen atoms in total. The van der Waals surface area contributed by atoms with Crippen molar-refractivity contribution in [2.24, 2.45) is 5.92 Å². The van der Waals surface area contributed by atoms with Crippen molar-refractivity contribution < 1.29 is 9.90 Å². The summed E-state index contributed by atoms with van der Waals surface area (Å²) >= 11 is 0. The van der Waals surface area contributed by atoms with E-state index in [0.717, 1.165) is 44.9 Å². The zero-order valence-corrected chi connectivity index (χ0v) is 12.8. The van der Waals surface area contributed by atoms with Crippen molar-refractivity contribution in [2.75, 3.05) is 39.8 Å². The number of carbonyl (C=O) groups is 1. The minimum Gasteiger partial charge on any atom is -0.390 e. The van der Waals surface area contributed by atoms with Crippen LogP contribution in [0.2, 0.25) is 0 Å². The molecule has 2 aliphatic rings. The van der Waals surface area contributed by atoms with E-state index < -0.39 is 0 Å². The van der Waals surface area contributed by atoms with Gasteiger partial charge in [-0.25, -0.2) is 0 Å². The molecule has 0 bridgehead atoms. The lowest BCUT2D eigenvalue weighted by Gasteiger charge is -2.33. The Labute approximate surface area is 122 Å². The molecule has 2 N–H and O–H groups in total. The summed E-state index contributed by atoms with van der Waals surface area (Å²) in [6.45, 7) is 6.76. The van der Waals surface area contributed by atoms with Gasteiger partial charge in [0.15, 0.2) is 0 Å². The van der Waals surface area contributed by atoms with Crippen LogP contribution < -0.4 is 5.32 Å². The lowest BCUT2D eigenvalue weighted by atomic mass is 9.99. The molecular formula is C15H29N3O2. The van der Waals surface area contributed by atoms with E-state index >= 15 is 0 Å². The number of likely N-dealkylation sites (N-methyl/N-ethyl adjacent to an activating group) is 1. The van der Waals surface area contributed by atoms with E-state index in [1.165, 1.54) is 12.8 Å². The molecule has 0 aromatic rings. The average Bonchev–Trinajstić information content (AvgIpc) is 2.88. The monoisotopic (exact) mass is 283 g/mol. The summed E-state index contributed by atoms with van der Waals surface area (Å²) in [5.41, 5.74) is 0. The summed E-state index contributed by atoms with van der Waals surface area (Å²) < 4.78 is 0. The maximum absolute atomic E-state index is 11.8. The van der Waals surface area contributed by atoms with Gasteiger partial charge in [0.2, 0.25) is 5.91 Å². The van der Waals surface area contributed by atoms with Crippen molar-refractivity contribution in [3.05, 3.63) is 0 Å². The largest absolute Gasteiger partial charge is 0.390 e. The molecule has 20 heavy (non-hydrogen) atoms. The van der Waals surface area contributed by atoms with E-state index in [0.29, 0.717) is 6.54 Å². The van der Waals surface area contributed by atoms with Gasteiger partial charge in [-0.15, -0.1) is 0 Å². The number of likely N-dealkylation sites (tertiary alicyclic amines) is 2. The average molecular weight is 283 g/mol. The molecule has 2 fully saturated rings. The number of piperidine rings is 1. The van der Waals surface area contributed by atoms with Gasteiger partial charge >= 0.3 is 0 Å². The van der Waals surface area contributed by atoms with Crippen molar-refractivity contribution in [1.82, 2.24) is 15.1 Å². The summed E-state index contributed by atoms with van der Waals surface area (Å²) in [6.07, 6.45) is 4.07. The van der Waals surface area contributed by atoms with E-state index in [2.05, 4.69) is 22.0 Å². The van der Waals surface area contributed by atoms with E-state index in [9.17, 15) is 9.90 Å². The highest BCUT2D eigenvalue weighted by Gasteiger charge is 2.31. The van der Waals surface area contributed by atoms with Gasteiger partial charge in [0, 0.05) is 20.1 Å². The van der Waals surface area contributed by atoms with Gasteiger partial charge in [0.1, 0.15) is 0 Å². The molecular weight excluding hydrogens is 254 g/mol. The minimum absolute atomic E-state index is 0.0453. The number of hydrogen-bond acceptors (Lipinski definition) is 4. The molecule has 0 spiro atoms. The standard InChI is InChI=1S/C15H29N3O2/c1-12-5-8-17(9-6-12)10-13(19)11-18-7-3-4-14(18)15(20)16-2/h12-14,19H,3-11H2,1-2H3,(H,16,20). The maximum atomic E-state index is 11.8. The van der Waals surface area contributed by atoms with Crippen LogP contribution >= 0.6 is 0 Å². The molecule has 0 aromatic heterocycles. The van der Waals surface area contributed by atoms with E-state index in [-0.39, 0.29) is 18.1 Å². The van der Waals surface area contributed by atoms with Crippen molar-refractivity contribution in [3.8, 4) is 0 Å². The van der Waals surface area contributed by atoms with Crippen molar-refractivity contribution in [2.45, 2.75) is 44.8 Å². The van der Waals surface area contributed by atoms with Crippen LogP contribution in [0.15, 0.2) is 0 Å². The van der Waals surface area contributed by atoms with Crippen molar-refractivity contribution in [3.63, 3.8) is 0 Å². The third-order valence-corrected chi connectivity index (χ3v) is 4.70. The Hall–Kier alpha value is -0.650. The molecule has 2 saturated heterocycles. The van der Waals surface area contributed by atoms with Gasteiger partial charge in [0.05, 0.1) is 12.1 Å². The Morgan fingerprint density at radius 1 is 1.25 bits per heavy atom. The van der Waals surface area contributed by atoms with Crippen molar-refractivity contribution >= 4 is 5.91 Å². The Morgan fingerprint density at radius 2 is 1.95 bits per heavy atom. The van der Waals surface area contributed by atoms with E-state index in [4.69, 9.17) is 0 Å². The van der Waals surface area contributed by atoms with Crippen LogP contribution in [0.25, 0.3) is 0 Å². The first-order valence-electron chi connectivity index (χ1n) is 7.96. The van der Waals surface area contributed by atoms with Crippen LogP contribution in [-0.2, 0) is 4.79 Å². The highest BCUT2D eigenvalue weighted by atomic mass is 16.3. The predicted octanol–water partition coefficient (Wildman–Crippen LogP) is 0.290. The van der Waals surface area contributed by atoms with Crippen LogP contribution in [-0.4, -0.2) is 72.7 Å². The van der Waals surface area contributed by atoms with E-state index in [1.807, 2.05) is 0 Å². The molecule has 0 aromatic carbocycles. The van der Waals surface area contributed by atoms with E-state index in [1.54, 1.807) is 7.05 Å². The van der Waals surface area contributed by atoms with Gasteiger partial charge in [-0.2, -0.15) is 0 Å². The number of nitrogens with zero attached hydrogens (tertiary/aromatic N) is 2. The maximum Gasteiger partial charge on any atom is 0.237 e. The number of β-amino-alcohol motifs (C(OH)–C–C–N with tert-alkyl or cyclic N) is 1. The Balaban J connectivity index is 1.76. The number of aliphatic hydroxyl groups is 1. The third kappa shape index (κ3) is 4.17. The third-order valence-electron chi connectivity index (χ3n) is 4.70. The number of amides is 1. The lowest BCUT2D eigenvalue weighted by molar-refractivity contribution is -0.125. The number of aliphatic hydroxyl groups excluding tert-OH is 1. The molecule has 2 atom stereocenters. The highest BCUT2D eigenvalue weighted by Crippen LogP contribution is 2.19. The quantitative estimate of drug-likeness (QED) is 0.761. The fourth-order valence-corrected chi connectivity index (χ4v) is 3.38. The molecule has 2 aliphatic heterocycles. The number of rotatable bonds is 5. The molecule has 5 heteroatoms. The lowest BCUT2D eigenvalue weighted by Crippen LogP contribution is -2.48. The van der Waals surface area contributed by atoms with Gasteiger partial charge in [-0.3, -0.25) is 9.69 Å². The fourth-order valence-electron chi connectivity index (χ4n) is 3.38. The predicted molar refractivity (Wildman–Crippen MR) is 79.5 cm³/mol. The molecule has 2 heterocycles. The normalized spacial score (nSPS) is 27.6. The molecule has 0 saturated carbocycles. The first kappa shape index (κ1) is 15.7. The molecule has 2 unspecified atom stereocenters. The second-order valence-electron chi connectivity index (χ2n) is 6.40. The second kappa shape index (κ2) is 7.38. The molecule has 116 valence electrons. The van der Waals surface area contributed by atoms with Crippen LogP contribution in [0.1, 0.15) is 32.6 Å². The summed E-state index contributed by atoms with van der Waals surface area (Å²) in [5, 5.41) is 13.0. The van der Waals surface area contributed by atoms with Gasteiger partial charge < -0.3 is 15.3 Å². The number of nitrogens with one attached hydrogen (secondary N) is 1. The molecule has 2 rings (SSSR count). The van der Waals surface area contributed by atoms with Crippen LogP contribution in [0.4, 0.5) is 0 Å². The highest BCUT2D eigenvalue weighted by molar-refractivity contribution is 5.81.